The molecule has 4 unspecified atom stereocenters. The Morgan fingerprint density at radius 3 is 1.43 bits per heavy atom. The molecule has 5 heteroatoms. The van der Waals surface area contributed by atoms with Crippen LogP contribution in [0.15, 0.2) is 0 Å². The van der Waals surface area contributed by atoms with E-state index in [1.807, 2.05) is 0 Å². The second-order valence-corrected chi connectivity index (χ2v) is 5.81. The van der Waals surface area contributed by atoms with Crippen molar-refractivity contribution in [1.29, 1.82) is 0 Å². The van der Waals surface area contributed by atoms with E-state index >= 15 is 0 Å². The van der Waals surface area contributed by atoms with E-state index in [2.05, 4.69) is 13.8 Å². The van der Waals surface area contributed by atoms with Gasteiger partial charge < -0.3 is 25.2 Å². The van der Waals surface area contributed by atoms with Crippen molar-refractivity contribution >= 4 is 0 Å². The lowest BCUT2D eigenvalue weighted by atomic mass is 10.0. The van der Waals surface area contributed by atoms with Gasteiger partial charge in [-0.25, -0.2) is 0 Å². The fourth-order valence-electron chi connectivity index (χ4n) is 2.37. The number of aliphatic hydroxyl groups excluding tert-OH is 4. The van der Waals surface area contributed by atoms with E-state index in [-0.39, 0.29) is 25.4 Å². The van der Waals surface area contributed by atoms with Crippen LogP contribution in [0.2, 0.25) is 0 Å². The molecule has 0 amide bonds. The summed E-state index contributed by atoms with van der Waals surface area (Å²) in [5.41, 5.74) is 0. The highest BCUT2D eigenvalue weighted by Gasteiger charge is 2.21. The fourth-order valence-corrected chi connectivity index (χ4v) is 2.37. The monoisotopic (exact) mass is 306 g/mol. The molecule has 0 bridgehead atoms. The van der Waals surface area contributed by atoms with Crippen molar-refractivity contribution < 1.29 is 25.2 Å². The molecule has 0 aromatic heterocycles. The fraction of sp³-hybridized carbons (Fsp3) is 1.00. The molecule has 0 spiro atoms. The Morgan fingerprint density at radius 2 is 1.14 bits per heavy atom. The van der Waals surface area contributed by atoms with E-state index in [4.69, 9.17) is 14.9 Å². The number of rotatable bonds is 14. The van der Waals surface area contributed by atoms with Crippen LogP contribution in [-0.4, -0.2) is 58.1 Å². The maximum absolute atomic E-state index is 9.63. The number of aliphatic hydroxyl groups is 4. The van der Waals surface area contributed by atoms with Gasteiger partial charge in [0.2, 0.25) is 0 Å². The summed E-state index contributed by atoms with van der Waals surface area (Å²) in [5.74, 6) is 0. The van der Waals surface area contributed by atoms with E-state index < -0.39 is 12.2 Å². The van der Waals surface area contributed by atoms with Gasteiger partial charge >= 0.3 is 0 Å². The molecule has 0 fully saturated rings. The molecule has 21 heavy (non-hydrogen) atoms. The third kappa shape index (κ3) is 11.1. The van der Waals surface area contributed by atoms with Crippen LogP contribution in [0, 0.1) is 0 Å². The van der Waals surface area contributed by atoms with Gasteiger partial charge in [0.1, 0.15) is 0 Å². The largest absolute Gasteiger partial charge is 0.394 e. The lowest BCUT2D eigenvalue weighted by molar-refractivity contribution is -0.0710. The Kier molecular flexibility index (Phi) is 13.3. The highest BCUT2D eigenvalue weighted by atomic mass is 16.5. The summed E-state index contributed by atoms with van der Waals surface area (Å²) in [4.78, 5) is 0. The quantitative estimate of drug-likeness (QED) is 0.391. The summed E-state index contributed by atoms with van der Waals surface area (Å²) < 4.78 is 6.06. The summed E-state index contributed by atoms with van der Waals surface area (Å²) in [5, 5.41) is 37.2. The van der Waals surface area contributed by atoms with Crippen molar-refractivity contribution in [3.05, 3.63) is 0 Å². The van der Waals surface area contributed by atoms with Crippen molar-refractivity contribution in [2.45, 2.75) is 89.6 Å². The Morgan fingerprint density at radius 1 is 0.762 bits per heavy atom. The van der Waals surface area contributed by atoms with E-state index in [1.165, 1.54) is 0 Å². The first-order valence-electron chi connectivity index (χ1n) is 8.30. The van der Waals surface area contributed by atoms with Gasteiger partial charge in [-0.1, -0.05) is 39.5 Å². The van der Waals surface area contributed by atoms with Gasteiger partial charge in [0.05, 0.1) is 37.6 Å². The highest BCUT2D eigenvalue weighted by molar-refractivity contribution is 4.71. The van der Waals surface area contributed by atoms with Crippen molar-refractivity contribution in [3.8, 4) is 0 Å². The summed E-state index contributed by atoms with van der Waals surface area (Å²) in [6.07, 6.45) is 4.86. The summed E-state index contributed by atoms with van der Waals surface area (Å²) in [6.45, 7) is 3.68. The second-order valence-electron chi connectivity index (χ2n) is 5.81. The van der Waals surface area contributed by atoms with Gasteiger partial charge in [0.25, 0.3) is 0 Å². The Balaban J connectivity index is 4.50. The molecule has 0 aliphatic rings. The van der Waals surface area contributed by atoms with Gasteiger partial charge in [-0.3, -0.25) is 0 Å². The van der Waals surface area contributed by atoms with Crippen LogP contribution in [0.3, 0.4) is 0 Å². The zero-order chi connectivity index (χ0) is 16.1. The molecule has 0 radical (unpaired) electrons. The lowest BCUT2D eigenvalue weighted by Crippen LogP contribution is -2.31. The Hall–Kier alpha value is -0.200. The number of ether oxygens (including phenoxy) is 1. The minimum Gasteiger partial charge on any atom is -0.394 e. The first-order valence-corrected chi connectivity index (χ1v) is 8.30. The Bertz CT molecular complexity index is 203. The van der Waals surface area contributed by atoms with Crippen LogP contribution in [0.5, 0.6) is 0 Å². The summed E-state index contributed by atoms with van der Waals surface area (Å²) in [6, 6.07) is 0. The third-order valence-electron chi connectivity index (χ3n) is 3.64. The molecule has 0 heterocycles. The standard InChI is InChI=1S/C16H34O5/c1-3-5-7-15(9-13(19)11-17)21-16(8-6-4-2)10-14(20)12-18/h13-20H,3-12H2,1-2H3. The molecule has 128 valence electrons. The van der Waals surface area contributed by atoms with Gasteiger partial charge in [0.15, 0.2) is 0 Å². The van der Waals surface area contributed by atoms with Crippen molar-refractivity contribution in [2.24, 2.45) is 0 Å². The molecule has 4 atom stereocenters. The number of hydrogen-bond donors (Lipinski definition) is 4. The topological polar surface area (TPSA) is 90.2 Å². The van der Waals surface area contributed by atoms with Crippen LogP contribution >= 0.6 is 0 Å². The molecule has 5 nitrogen and oxygen atoms in total. The molecule has 4 N–H and O–H groups in total. The van der Waals surface area contributed by atoms with E-state index in [0.29, 0.717) is 12.8 Å². The molecule has 0 aromatic rings. The smallest absolute Gasteiger partial charge is 0.0795 e. The average Bonchev–Trinajstić information content (AvgIpc) is 2.49. The van der Waals surface area contributed by atoms with Crippen LogP contribution in [0.25, 0.3) is 0 Å². The molecule has 0 rings (SSSR count). The number of hydrogen-bond acceptors (Lipinski definition) is 5. The van der Waals surface area contributed by atoms with Crippen LogP contribution in [0.4, 0.5) is 0 Å². The molecular formula is C16H34O5. The van der Waals surface area contributed by atoms with E-state index in [1.54, 1.807) is 0 Å². The summed E-state index contributed by atoms with van der Waals surface area (Å²) in [7, 11) is 0. The zero-order valence-electron chi connectivity index (χ0n) is 13.6. The zero-order valence-corrected chi connectivity index (χ0v) is 13.6. The summed E-state index contributed by atoms with van der Waals surface area (Å²) >= 11 is 0. The third-order valence-corrected chi connectivity index (χ3v) is 3.64. The maximum Gasteiger partial charge on any atom is 0.0795 e. The maximum atomic E-state index is 9.63. The van der Waals surface area contributed by atoms with Gasteiger partial charge in [-0.15, -0.1) is 0 Å². The van der Waals surface area contributed by atoms with Crippen molar-refractivity contribution in [1.82, 2.24) is 0 Å². The molecular weight excluding hydrogens is 272 g/mol. The Labute approximate surface area is 129 Å². The van der Waals surface area contributed by atoms with Gasteiger partial charge in [-0.05, 0) is 12.8 Å². The van der Waals surface area contributed by atoms with Crippen LogP contribution in [-0.2, 0) is 4.74 Å². The average molecular weight is 306 g/mol. The van der Waals surface area contributed by atoms with Crippen molar-refractivity contribution in [2.75, 3.05) is 13.2 Å². The minimum absolute atomic E-state index is 0.111. The molecule has 0 saturated heterocycles. The highest BCUT2D eigenvalue weighted by Crippen LogP contribution is 2.19. The molecule has 0 saturated carbocycles. The number of unbranched alkanes of at least 4 members (excludes halogenated alkanes) is 2. The SMILES string of the molecule is CCCCC(CC(O)CO)OC(CCCC)CC(O)CO. The van der Waals surface area contributed by atoms with Gasteiger partial charge in [-0.2, -0.15) is 0 Å². The first-order chi connectivity index (χ1) is 10.1. The predicted molar refractivity (Wildman–Crippen MR) is 83.1 cm³/mol. The molecule has 0 aliphatic carbocycles. The first kappa shape index (κ1) is 20.8. The lowest BCUT2D eigenvalue weighted by Gasteiger charge is -2.27. The van der Waals surface area contributed by atoms with Crippen molar-refractivity contribution in [3.63, 3.8) is 0 Å². The van der Waals surface area contributed by atoms with E-state index in [0.717, 1.165) is 38.5 Å². The van der Waals surface area contributed by atoms with Crippen LogP contribution < -0.4 is 0 Å². The normalized spacial score (nSPS) is 17.4. The predicted octanol–water partition coefficient (Wildman–Crippen LogP) is 1.61. The van der Waals surface area contributed by atoms with Gasteiger partial charge in [0, 0.05) is 12.8 Å². The molecule has 0 aliphatic heterocycles. The molecule has 0 aromatic carbocycles. The second kappa shape index (κ2) is 13.5. The minimum atomic E-state index is -0.763. The van der Waals surface area contributed by atoms with Crippen LogP contribution in [0.1, 0.15) is 65.2 Å². The van der Waals surface area contributed by atoms with E-state index in [9.17, 15) is 10.2 Å².